The first-order valence-corrected chi connectivity index (χ1v) is 5.82. The zero-order valence-electron chi connectivity index (χ0n) is 10.6. The fourth-order valence-electron chi connectivity index (χ4n) is 2.04. The van der Waals surface area contributed by atoms with Crippen molar-refractivity contribution in [2.45, 2.75) is 6.92 Å². The summed E-state index contributed by atoms with van der Waals surface area (Å²) in [5.74, 6) is 1.59. The summed E-state index contributed by atoms with van der Waals surface area (Å²) >= 11 is 0. The molecule has 3 aromatic heterocycles. The smallest absolute Gasteiger partial charge is 0.355 e. The van der Waals surface area contributed by atoms with E-state index in [1.165, 1.54) is 7.11 Å². The van der Waals surface area contributed by atoms with Crippen molar-refractivity contribution < 1.29 is 13.9 Å². The molecular weight excluding hydrogens is 244 g/mol. The molecule has 5 heteroatoms. The normalized spacial score (nSPS) is 10.8. The number of hydrogen-bond acceptors (Lipinski definition) is 4. The first-order valence-electron chi connectivity index (χ1n) is 5.82. The van der Waals surface area contributed by atoms with Gasteiger partial charge in [-0.15, -0.1) is 0 Å². The first kappa shape index (κ1) is 11.5. The molecule has 96 valence electrons. The minimum absolute atomic E-state index is 0.409. The van der Waals surface area contributed by atoms with Crippen molar-refractivity contribution >= 4 is 11.5 Å². The minimum atomic E-state index is -0.409. The average molecular weight is 256 g/mol. The van der Waals surface area contributed by atoms with Crippen LogP contribution in [-0.4, -0.2) is 22.5 Å². The lowest BCUT2D eigenvalue weighted by molar-refractivity contribution is 0.0592. The molecule has 3 heterocycles. The molecule has 3 rings (SSSR count). The number of pyridine rings is 1. The van der Waals surface area contributed by atoms with Gasteiger partial charge in [0.2, 0.25) is 0 Å². The quantitative estimate of drug-likeness (QED) is 0.661. The Morgan fingerprint density at radius 1 is 1.32 bits per heavy atom. The van der Waals surface area contributed by atoms with E-state index in [9.17, 15) is 4.79 Å². The molecule has 5 nitrogen and oxygen atoms in total. The van der Waals surface area contributed by atoms with Crippen LogP contribution < -0.4 is 0 Å². The summed E-state index contributed by atoms with van der Waals surface area (Å²) < 4.78 is 12.1. The summed E-state index contributed by atoms with van der Waals surface area (Å²) in [5, 5.41) is 0. The van der Waals surface area contributed by atoms with Crippen LogP contribution in [0, 0.1) is 6.92 Å². The lowest BCUT2D eigenvalue weighted by Crippen LogP contribution is -2.08. The molecule has 0 N–H and O–H groups in total. The summed E-state index contributed by atoms with van der Waals surface area (Å²) in [5.41, 5.74) is 1.23. The van der Waals surface area contributed by atoms with E-state index in [1.54, 1.807) is 22.7 Å². The van der Waals surface area contributed by atoms with Crippen molar-refractivity contribution in [2.75, 3.05) is 7.11 Å². The average Bonchev–Trinajstić information content (AvgIpc) is 3.03. The molecule has 0 radical (unpaired) electrons. The lowest BCUT2D eigenvalue weighted by atomic mass is 10.3. The number of hydrogen-bond donors (Lipinski definition) is 0. The van der Waals surface area contributed by atoms with Crippen molar-refractivity contribution in [2.24, 2.45) is 0 Å². The summed E-state index contributed by atoms with van der Waals surface area (Å²) in [6, 6.07) is 9.05. The molecule has 0 unspecified atom stereocenters. The van der Waals surface area contributed by atoms with Gasteiger partial charge in [0.25, 0.3) is 0 Å². The highest BCUT2D eigenvalue weighted by Crippen LogP contribution is 2.23. The number of furan rings is 1. The van der Waals surface area contributed by atoms with Gasteiger partial charge in [-0.2, -0.15) is 0 Å². The zero-order valence-corrected chi connectivity index (χ0v) is 10.6. The molecule has 0 spiro atoms. The maximum atomic E-state index is 11.8. The van der Waals surface area contributed by atoms with Gasteiger partial charge in [-0.05, 0) is 31.2 Å². The van der Waals surface area contributed by atoms with E-state index in [4.69, 9.17) is 9.15 Å². The number of fused-ring (bicyclic) bond motifs is 1. The fourth-order valence-corrected chi connectivity index (χ4v) is 2.04. The number of imidazole rings is 1. The second-order valence-corrected chi connectivity index (χ2v) is 4.15. The highest BCUT2D eigenvalue weighted by Gasteiger charge is 2.16. The number of esters is 1. The molecule has 0 atom stereocenters. The summed E-state index contributed by atoms with van der Waals surface area (Å²) in [6.07, 6.45) is 1.69. The number of ether oxygens (including phenoxy) is 1. The van der Waals surface area contributed by atoms with Gasteiger partial charge in [0.1, 0.15) is 11.5 Å². The molecule has 19 heavy (non-hydrogen) atoms. The molecule has 0 amide bonds. The maximum Gasteiger partial charge on any atom is 0.355 e. The number of rotatable bonds is 2. The lowest BCUT2D eigenvalue weighted by Gasteiger charge is -2.05. The van der Waals surface area contributed by atoms with Gasteiger partial charge in [0.05, 0.1) is 18.8 Å². The van der Waals surface area contributed by atoms with E-state index in [0.29, 0.717) is 17.3 Å². The molecule has 0 aliphatic heterocycles. The van der Waals surface area contributed by atoms with Crippen LogP contribution in [0.4, 0.5) is 0 Å². The van der Waals surface area contributed by atoms with Crippen LogP contribution in [-0.2, 0) is 4.74 Å². The molecule has 0 fully saturated rings. The second-order valence-electron chi connectivity index (χ2n) is 4.15. The maximum absolute atomic E-state index is 11.8. The van der Waals surface area contributed by atoms with Gasteiger partial charge in [-0.25, -0.2) is 9.78 Å². The molecule has 0 aromatic carbocycles. The molecule has 0 saturated carbocycles. The Morgan fingerprint density at radius 2 is 2.16 bits per heavy atom. The third-order valence-electron chi connectivity index (χ3n) is 2.91. The van der Waals surface area contributed by atoms with Crippen LogP contribution in [0.3, 0.4) is 0 Å². The highest BCUT2D eigenvalue weighted by molar-refractivity contribution is 5.89. The predicted octanol–water partition coefficient (Wildman–Crippen LogP) is 2.69. The van der Waals surface area contributed by atoms with Gasteiger partial charge in [-0.3, -0.25) is 4.40 Å². The van der Waals surface area contributed by atoms with Gasteiger partial charge in [0, 0.05) is 0 Å². The SMILES string of the molecule is COC(=O)c1cccc2cnc(-c3ccc(C)o3)n12. The van der Waals surface area contributed by atoms with E-state index in [1.807, 2.05) is 25.1 Å². The Bertz CT molecular complexity index is 755. The summed E-state index contributed by atoms with van der Waals surface area (Å²) in [4.78, 5) is 16.1. The molecule has 0 aliphatic carbocycles. The van der Waals surface area contributed by atoms with Crippen molar-refractivity contribution in [3.05, 3.63) is 48.0 Å². The van der Waals surface area contributed by atoms with Crippen molar-refractivity contribution in [3.8, 4) is 11.6 Å². The Kier molecular flexibility index (Phi) is 2.59. The predicted molar refractivity (Wildman–Crippen MR) is 69.0 cm³/mol. The van der Waals surface area contributed by atoms with E-state index in [2.05, 4.69) is 4.98 Å². The fraction of sp³-hybridized carbons (Fsp3) is 0.143. The van der Waals surface area contributed by atoms with Crippen molar-refractivity contribution in [1.29, 1.82) is 0 Å². The molecular formula is C14H12N2O3. The van der Waals surface area contributed by atoms with Crippen LogP contribution in [0.5, 0.6) is 0 Å². The Balaban J connectivity index is 2.29. The third-order valence-corrected chi connectivity index (χ3v) is 2.91. The van der Waals surface area contributed by atoms with Crippen LogP contribution in [0.2, 0.25) is 0 Å². The van der Waals surface area contributed by atoms with Crippen molar-refractivity contribution in [1.82, 2.24) is 9.38 Å². The molecule has 0 aliphatic rings. The van der Waals surface area contributed by atoms with Crippen LogP contribution in [0.1, 0.15) is 16.2 Å². The number of aromatic nitrogens is 2. The largest absolute Gasteiger partial charge is 0.464 e. The zero-order chi connectivity index (χ0) is 13.4. The van der Waals surface area contributed by atoms with E-state index in [-0.39, 0.29) is 0 Å². The summed E-state index contributed by atoms with van der Waals surface area (Å²) in [6.45, 7) is 1.86. The molecule has 0 bridgehead atoms. The Labute approximate surface area is 109 Å². The topological polar surface area (TPSA) is 56.7 Å². The van der Waals surface area contributed by atoms with Gasteiger partial charge in [0.15, 0.2) is 11.6 Å². The number of carbonyl (C=O) groups is 1. The van der Waals surface area contributed by atoms with Crippen LogP contribution in [0.15, 0.2) is 40.9 Å². The monoisotopic (exact) mass is 256 g/mol. The van der Waals surface area contributed by atoms with E-state index < -0.39 is 5.97 Å². The number of methoxy groups -OCH3 is 1. The number of carbonyl (C=O) groups excluding carboxylic acids is 1. The van der Waals surface area contributed by atoms with Gasteiger partial charge < -0.3 is 9.15 Å². The third kappa shape index (κ3) is 1.79. The number of nitrogens with zero attached hydrogens (tertiary/aromatic N) is 2. The Hall–Kier alpha value is -2.56. The molecule has 0 saturated heterocycles. The molecule has 3 aromatic rings. The minimum Gasteiger partial charge on any atom is -0.464 e. The second kappa shape index (κ2) is 4.28. The van der Waals surface area contributed by atoms with Crippen LogP contribution >= 0.6 is 0 Å². The summed E-state index contributed by atoms with van der Waals surface area (Å²) in [7, 11) is 1.36. The highest BCUT2D eigenvalue weighted by atomic mass is 16.5. The van der Waals surface area contributed by atoms with E-state index >= 15 is 0 Å². The Morgan fingerprint density at radius 3 is 2.84 bits per heavy atom. The van der Waals surface area contributed by atoms with Gasteiger partial charge in [-0.1, -0.05) is 6.07 Å². The first-order chi connectivity index (χ1) is 9.20. The van der Waals surface area contributed by atoms with Gasteiger partial charge >= 0.3 is 5.97 Å². The number of aryl methyl sites for hydroxylation is 1. The van der Waals surface area contributed by atoms with Crippen molar-refractivity contribution in [3.63, 3.8) is 0 Å². The van der Waals surface area contributed by atoms with Crippen LogP contribution in [0.25, 0.3) is 17.1 Å². The van der Waals surface area contributed by atoms with E-state index in [0.717, 1.165) is 11.3 Å². The standard InChI is InChI=1S/C14H12N2O3/c1-9-6-7-12(19-9)13-15-8-10-4-3-5-11(16(10)13)14(17)18-2/h3-8H,1-2H3.